The normalized spacial score (nSPS) is 10.8. The summed E-state index contributed by atoms with van der Waals surface area (Å²) in [5, 5.41) is 19.7. The highest BCUT2D eigenvalue weighted by atomic mass is 32.2. The summed E-state index contributed by atoms with van der Waals surface area (Å²) >= 11 is 2.43. The van der Waals surface area contributed by atoms with Gasteiger partial charge in [-0.3, -0.25) is 10.1 Å². The molecule has 2 heterocycles. The molecule has 0 saturated heterocycles. The first-order chi connectivity index (χ1) is 11.6. The molecule has 1 N–H and O–H groups in total. The van der Waals surface area contributed by atoms with Gasteiger partial charge in [-0.2, -0.15) is 0 Å². The Balaban J connectivity index is 1.56. The molecule has 2 aromatic heterocycles. The summed E-state index contributed by atoms with van der Waals surface area (Å²) in [6.07, 6.45) is 0.771. The molecule has 24 heavy (non-hydrogen) atoms. The van der Waals surface area contributed by atoms with Crippen molar-refractivity contribution in [2.24, 2.45) is 0 Å². The summed E-state index contributed by atoms with van der Waals surface area (Å²) < 4.78 is 18.6. The van der Waals surface area contributed by atoms with E-state index < -0.39 is 0 Å². The van der Waals surface area contributed by atoms with E-state index in [-0.39, 0.29) is 28.6 Å². The van der Waals surface area contributed by atoms with Crippen LogP contribution in [0, 0.1) is 5.82 Å². The van der Waals surface area contributed by atoms with Crippen LogP contribution in [-0.2, 0) is 11.2 Å². The van der Waals surface area contributed by atoms with Crippen LogP contribution in [-0.4, -0.2) is 32.1 Å². The molecule has 0 spiro atoms. The van der Waals surface area contributed by atoms with Crippen LogP contribution in [0.3, 0.4) is 0 Å². The highest BCUT2D eigenvalue weighted by Gasteiger charge is 2.13. The van der Waals surface area contributed by atoms with E-state index >= 15 is 0 Å². The molecule has 0 bridgehead atoms. The molecule has 0 fully saturated rings. The van der Waals surface area contributed by atoms with Crippen molar-refractivity contribution in [3.05, 3.63) is 35.1 Å². The third-order valence-electron chi connectivity index (χ3n) is 2.82. The molecule has 0 radical (unpaired) electrons. The molecule has 1 aromatic carbocycles. The van der Waals surface area contributed by atoms with Gasteiger partial charge in [0.1, 0.15) is 10.8 Å². The zero-order chi connectivity index (χ0) is 16.9. The molecule has 0 aliphatic heterocycles. The minimum Gasteiger partial charge on any atom is -0.411 e. The zero-order valence-electron chi connectivity index (χ0n) is 12.5. The number of carbonyl (C=O) groups excluding carboxylic acids is 1. The number of nitrogens with zero attached hydrogens (tertiary/aromatic N) is 4. The summed E-state index contributed by atoms with van der Waals surface area (Å²) in [6.45, 7) is 1.97. The molecule has 3 rings (SSSR count). The molecule has 0 aliphatic carbocycles. The third kappa shape index (κ3) is 4.15. The quantitative estimate of drug-likeness (QED) is 0.671. The average molecular weight is 365 g/mol. The lowest BCUT2D eigenvalue weighted by atomic mass is 10.2. The van der Waals surface area contributed by atoms with Gasteiger partial charge in [0.05, 0.1) is 5.75 Å². The maximum atomic E-state index is 13.2. The lowest BCUT2D eigenvalue weighted by Crippen LogP contribution is -2.13. The molecule has 7 nitrogen and oxygen atoms in total. The lowest BCUT2D eigenvalue weighted by molar-refractivity contribution is -0.113. The number of aromatic nitrogens is 4. The first-order valence-corrected chi connectivity index (χ1v) is 8.78. The number of anilines is 1. The molecule has 10 heteroatoms. The number of benzene rings is 1. The van der Waals surface area contributed by atoms with Crippen LogP contribution in [0.1, 0.15) is 11.9 Å². The summed E-state index contributed by atoms with van der Waals surface area (Å²) in [4.78, 5) is 11.9. The molecule has 0 saturated carbocycles. The largest absolute Gasteiger partial charge is 0.411 e. The predicted molar refractivity (Wildman–Crippen MR) is 88.3 cm³/mol. The molecule has 124 valence electrons. The Labute approximate surface area is 144 Å². The first-order valence-electron chi connectivity index (χ1n) is 6.98. The molecule has 1 amide bonds. The summed E-state index contributed by atoms with van der Waals surface area (Å²) in [5.74, 6) is -0.340. The lowest BCUT2D eigenvalue weighted by Gasteiger charge is -1.98. The Bertz CT molecular complexity index is 851. The van der Waals surface area contributed by atoms with Crippen molar-refractivity contribution in [3.8, 4) is 11.5 Å². The maximum absolute atomic E-state index is 13.2. The number of hydrogen-bond acceptors (Lipinski definition) is 8. The van der Waals surface area contributed by atoms with Gasteiger partial charge in [0, 0.05) is 5.56 Å². The number of carbonyl (C=O) groups is 1. The number of thioether (sulfide) groups is 1. The smallest absolute Gasteiger partial charge is 0.277 e. The van der Waals surface area contributed by atoms with Gasteiger partial charge in [-0.25, -0.2) is 4.39 Å². The molecule has 0 unspecified atom stereocenters. The monoisotopic (exact) mass is 365 g/mol. The number of halogens is 1. The van der Waals surface area contributed by atoms with Gasteiger partial charge in [0.2, 0.25) is 16.9 Å². The minimum absolute atomic E-state index is 0.0891. The van der Waals surface area contributed by atoms with Gasteiger partial charge >= 0.3 is 0 Å². The van der Waals surface area contributed by atoms with Gasteiger partial charge < -0.3 is 4.42 Å². The van der Waals surface area contributed by atoms with Gasteiger partial charge in [0.15, 0.2) is 0 Å². The fraction of sp³-hybridized carbons (Fsp3) is 0.214. The van der Waals surface area contributed by atoms with Gasteiger partial charge in [-0.15, -0.1) is 20.4 Å². The second-order valence-electron chi connectivity index (χ2n) is 4.57. The van der Waals surface area contributed by atoms with E-state index in [1.54, 1.807) is 12.1 Å². The van der Waals surface area contributed by atoms with Crippen LogP contribution < -0.4 is 5.32 Å². The fourth-order valence-corrected chi connectivity index (χ4v) is 2.99. The molecular weight excluding hydrogens is 353 g/mol. The van der Waals surface area contributed by atoms with Gasteiger partial charge in [-0.05, 0) is 24.6 Å². The van der Waals surface area contributed by atoms with Crippen molar-refractivity contribution < 1.29 is 13.6 Å². The fourth-order valence-electron chi connectivity index (χ4n) is 1.74. The molecule has 0 atom stereocenters. The van der Waals surface area contributed by atoms with Crippen molar-refractivity contribution in [2.45, 2.75) is 18.6 Å². The third-order valence-corrected chi connectivity index (χ3v) is 4.62. The number of rotatable bonds is 6. The summed E-state index contributed by atoms with van der Waals surface area (Å²) in [5.41, 5.74) is 0.486. The second kappa shape index (κ2) is 7.49. The van der Waals surface area contributed by atoms with E-state index in [4.69, 9.17) is 4.42 Å². The Morgan fingerprint density at radius 3 is 2.96 bits per heavy atom. The number of hydrogen-bond donors (Lipinski definition) is 1. The highest BCUT2D eigenvalue weighted by molar-refractivity contribution is 7.99. The van der Waals surface area contributed by atoms with Crippen molar-refractivity contribution >= 4 is 34.1 Å². The average Bonchev–Trinajstić information content (AvgIpc) is 3.22. The highest BCUT2D eigenvalue weighted by Crippen LogP contribution is 2.24. The van der Waals surface area contributed by atoms with Crippen molar-refractivity contribution in [3.63, 3.8) is 0 Å². The van der Waals surface area contributed by atoms with Crippen molar-refractivity contribution in [1.29, 1.82) is 0 Å². The van der Waals surface area contributed by atoms with Gasteiger partial charge in [0.25, 0.3) is 5.22 Å². The number of amides is 1. The number of nitrogens with one attached hydrogen (secondary N) is 1. The first kappa shape index (κ1) is 16.5. The standard InChI is InChI=1S/C14H12FN5O2S2/c1-2-11-17-19-13(24-11)16-10(21)7-23-14-20-18-12(22-14)8-4-3-5-9(15)6-8/h3-6H,2,7H2,1H3,(H,16,19,21). The topological polar surface area (TPSA) is 93.8 Å². The van der Waals surface area contributed by atoms with Crippen LogP contribution in [0.15, 0.2) is 33.9 Å². The predicted octanol–water partition coefficient (Wildman–Crippen LogP) is 3.02. The van der Waals surface area contributed by atoms with Crippen LogP contribution in [0.2, 0.25) is 0 Å². The SMILES string of the molecule is CCc1nnc(NC(=O)CSc2nnc(-c3cccc(F)c3)o2)s1. The van der Waals surface area contributed by atoms with E-state index in [1.807, 2.05) is 6.92 Å². The molecule has 0 aliphatic rings. The van der Waals surface area contributed by atoms with E-state index in [1.165, 1.54) is 23.5 Å². The van der Waals surface area contributed by atoms with E-state index in [2.05, 4.69) is 25.7 Å². The van der Waals surface area contributed by atoms with Crippen LogP contribution in [0.4, 0.5) is 9.52 Å². The van der Waals surface area contributed by atoms with Gasteiger partial charge in [-0.1, -0.05) is 36.1 Å². The Hall–Kier alpha value is -2.33. The summed E-state index contributed by atoms with van der Waals surface area (Å²) in [7, 11) is 0. The second-order valence-corrected chi connectivity index (χ2v) is 6.56. The Morgan fingerprint density at radius 1 is 1.33 bits per heavy atom. The van der Waals surface area contributed by atoms with E-state index in [0.717, 1.165) is 23.2 Å². The molecule has 3 aromatic rings. The van der Waals surface area contributed by atoms with Crippen molar-refractivity contribution in [2.75, 3.05) is 11.1 Å². The zero-order valence-corrected chi connectivity index (χ0v) is 14.2. The van der Waals surface area contributed by atoms with E-state index in [0.29, 0.717) is 10.7 Å². The Morgan fingerprint density at radius 2 is 2.21 bits per heavy atom. The van der Waals surface area contributed by atoms with Crippen LogP contribution in [0.25, 0.3) is 11.5 Å². The maximum Gasteiger partial charge on any atom is 0.277 e. The van der Waals surface area contributed by atoms with Crippen molar-refractivity contribution in [1.82, 2.24) is 20.4 Å². The van der Waals surface area contributed by atoms with Crippen LogP contribution >= 0.6 is 23.1 Å². The molecular formula is C14H12FN5O2S2. The minimum atomic E-state index is -0.386. The summed E-state index contributed by atoms with van der Waals surface area (Å²) in [6, 6.07) is 5.85. The number of aryl methyl sites for hydroxylation is 1. The van der Waals surface area contributed by atoms with Crippen LogP contribution in [0.5, 0.6) is 0 Å². The van der Waals surface area contributed by atoms with E-state index in [9.17, 15) is 9.18 Å². The Kier molecular flexibility index (Phi) is 5.16.